The summed E-state index contributed by atoms with van der Waals surface area (Å²) in [5.74, 6) is 1.41. The minimum Gasteiger partial charge on any atom is -0.350 e. The molecule has 1 aliphatic rings. The van der Waals surface area contributed by atoms with Gasteiger partial charge in [0.25, 0.3) is 0 Å². The lowest BCUT2D eigenvalue weighted by atomic mass is 9.98. The molecule has 2 heterocycles. The Bertz CT molecular complexity index is 1130. The quantitative estimate of drug-likeness (QED) is 0.523. The number of benzene rings is 2. The lowest BCUT2D eigenvalue weighted by molar-refractivity contribution is -0.121. The number of aromatic amines is 1. The zero-order chi connectivity index (χ0) is 22.5. The molecule has 7 heteroatoms. The van der Waals surface area contributed by atoms with Crippen LogP contribution in [0.1, 0.15) is 36.5 Å². The van der Waals surface area contributed by atoms with E-state index in [0.717, 1.165) is 42.2 Å². The molecule has 1 saturated heterocycles. The molecule has 0 saturated carbocycles. The first-order valence-electron chi connectivity index (χ1n) is 11.3. The Labute approximate surface area is 194 Å². The lowest BCUT2D eigenvalue weighted by Crippen LogP contribution is -2.33. The number of rotatable bonds is 7. The molecule has 1 amide bonds. The summed E-state index contributed by atoms with van der Waals surface area (Å²) in [6.45, 7) is 8.21. The first-order chi connectivity index (χ1) is 15.5. The standard InChI is InChI=1S/C25H31N5OS/c1-18-10-12-29(13-11-18)16-22-8-4-3-7-21(22)15-26-23(31)17-30-24(27-28-25(30)32)20-9-5-6-19(2)14-20/h3-9,14,18H,10-13,15-17H2,1-2H3,(H,26,31)(H,28,32). The van der Waals surface area contributed by atoms with E-state index in [1.54, 1.807) is 4.57 Å². The molecular formula is C25H31N5OS. The van der Waals surface area contributed by atoms with Crippen molar-refractivity contribution in [2.75, 3.05) is 13.1 Å². The van der Waals surface area contributed by atoms with Crippen molar-refractivity contribution < 1.29 is 4.79 Å². The van der Waals surface area contributed by atoms with Crippen LogP contribution < -0.4 is 5.32 Å². The van der Waals surface area contributed by atoms with Crippen LogP contribution in [0, 0.1) is 17.6 Å². The number of nitrogens with zero attached hydrogens (tertiary/aromatic N) is 3. The van der Waals surface area contributed by atoms with E-state index in [0.29, 0.717) is 17.1 Å². The summed E-state index contributed by atoms with van der Waals surface area (Å²) in [5.41, 5.74) is 4.51. The third-order valence-corrected chi connectivity index (χ3v) is 6.51. The zero-order valence-electron chi connectivity index (χ0n) is 18.8. The van der Waals surface area contributed by atoms with E-state index in [-0.39, 0.29) is 12.5 Å². The normalized spacial score (nSPS) is 15.1. The molecule has 0 radical (unpaired) electrons. The predicted molar refractivity (Wildman–Crippen MR) is 130 cm³/mol. The van der Waals surface area contributed by atoms with Crippen molar-refractivity contribution in [3.05, 3.63) is 70.0 Å². The smallest absolute Gasteiger partial charge is 0.240 e. The molecule has 2 aromatic carbocycles. The first-order valence-corrected chi connectivity index (χ1v) is 11.7. The van der Waals surface area contributed by atoms with E-state index in [4.69, 9.17) is 12.2 Å². The van der Waals surface area contributed by atoms with E-state index < -0.39 is 0 Å². The monoisotopic (exact) mass is 449 g/mol. The van der Waals surface area contributed by atoms with Gasteiger partial charge >= 0.3 is 0 Å². The molecule has 0 bridgehead atoms. The number of nitrogens with one attached hydrogen (secondary N) is 2. The molecule has 6 nitrogen and oxygen atoms in total. The second kappa shape index (κ2) is 10.2. The van der Waals surface area contributed by atoms with Crippen molar-refractivity contribution in [2.24, 2.45) is 5.92 Å². The third kappa shape index (κ3) is 5.53. The van der Waals surface area contributed by atoms with E-state index in [9.17, 15) is 4.79 Å². The summed E-state index contributed by atoms with van der Waals surface area (Å²) < 4.78 is 2.19. The van der Waals surface area contributed by atoms with Gasteiger partial charge in [0.15, 0.2) is 10.6 Å². The summed E-state index contributed by atoms with van der Waals surface area (Å²) in [6.07, 6.45) is 2.51. The zero-order valence-corrected chi connectivity index (χ0v) is 19.6. The summed E-state index contributed by atoms with van der Waals surface area (Å²) >= 11 is 5.38. The van der Waals surface area contributed by atoms with Crippen molar-refractivity contribution in [2.45, 2.75) is 46.3 Å². The van der Waals surface area contributed by atoms with Gasteiger partial charge in [0.05, 0.1) is 0 Å². The summed E-state index contributed by atoms with van der Waals surface area (Å²) in [7, 11) is 0. The van der Waals surface area contributed by atoms with Crippen LogP contribution >= 0.6 is 12.2 Å². The minimum atomic E-state index is -0.0852. The minimum absolute atomic E-state index is 0.0852. The van der Waals surface area contributed by atoms with Gasteiger partial charge in [-0.25, -0.2) is 0 Å². The Morgan fingerprint density at radius 1 is 1.16 bits per heavy atom. The Hall–Kier alpha value is -2.77. The number of piperidine rings is 1. The average Bonchev–Trinajstić information content (AvgIpc) is 3.15. The van der Waals surface area contributed by atoms with Gasteiger partial charge in [-0.1, -0.05) is 55.0 Å². The number of H-pyrrole nitrogens is 1. The molecule has 168 valence electrons. The molecular weight excluding hydrogens is 418 g/mol. The highest BCUT2D eigenvalue weighted by molar-refractivity contribution is 7.71. The van der Waals surface area contributed by atoms with Gasteiger partial charge < -0.3 is 5.32 Å². The molecule has 1 aromatic heterocycles. The van der Waals surface area contributed by atoms with Crippen molar-refractivity contribution in [1.82, 2.24) is 25.0 Å². The Morgan fingerprint density at radius 3 is 2.66 bits per heavy atom. The molecule has 1 aliphatic heterocycles. The molecule has 0 unspecified atom stereocenters. The fourth-order valence-electron chi connectivity index (χ4n) is 4.21. The molecule has 32 heavy (non-hydrogen) atoms. The summed E-state index contributed by atoms with van der Waals surface area (Å²) in [5, 5.41) is 10.2. The number of carbonyl (C=O) groups is 1. The maximum Gasteiger partial charge on any atom is 0.240 e. The fraction of sp³-hybridized carbons (Fsp3) is 0.400. The molecule has 0 spiro atoms. The molecule has 0 atom stereocenters. The van der Waals surface area contributed by atoms with Crippen LogP contribution in [0.4, 0.5) is 0 Å². The fourth-order valence-corrected chi connectivity index (χ4v) is 4.40. The highest BCUT2D eigenvalue weighted by Gasteiger charge is 2.17. The third-order valence-electron chi connectivity index (χ3n) is 6.20. The van der Waals surface area contributed by atoms with Gasteiger partial charge in [0.1, 0.15) is 6.54 Å². The van der Waals surface area contributed by atoms with Crippen molar-refractivity contribution in [3.8, 4) is 11.4 Å². The number of likely N-dealkylation sites (tertiary alicyclic amines) is 1. The second-order valence-corrected chi connectivity index (χ2v) is 9.20. The van der Waals surface area contributed by atoms with Gasteiger partial charge in [-0.05, 0) is 68.2 Å². The van der Waals surface area contributed by atoms with Crippen LogP contribution in [0.5, 0.6) is 0 Å². The largest absolute Gasteiger partial charge is 0.350 e. The number of amides is 1. The lowest BCUT2D eigenvalue weighted by Gasteiger charge is -2.30. The average molecular weight is 450 g/mol. The number of aryl methyl sites for hydroxylation is 1. The summed E-state index contributed by atoms with van der Waals surface area (Å²) in [6, 6.07) is 16.4. The SMILES string of the molecule is Cc1cccc(-c2n[nH]c(=S)n2CC(=O)NCc2ccccc2CN2CCC(C)CC2)c1. The van der Waals surface area contributed by atoms with Gasteiger partial charge in [0.2, 0.25) is 5.91 Å². The van der Waals surface area contributed by atoms with Crippen molar-refractivity contribution in [3.63, 3.8) is 0 Å². The van der Waals surface area contributed by atoms with E-state index >= 15 is 0 Å². The topological polar surface area (TPSA) is 66.0 Å². The van der Waals surface area contributed by atoms with Crippen LogP contribution in [0.3, 0.4) is 0 Å². The predicted octanol–water partition coefficient (Wildman–Crippen LogP) is 4.46. The Kier molecular flexibility index (Phi) is 7.17. The first kappa shape index (κ1) is 22.4. The van der Waals surface area contributed by atoms with Crippen LogP contribution in [0.2, 0.25) is 0 Å². The van der Waals surface area contributed by atoms with E-state index in [2.05, 4.69) is 45.5 Å². The van der Waals surface area contributed by atoms with E-state index in [1.165, 1.54) is 18.4 Å². The Morgan fingerprint density at radius 2 is 1.91 bits per heavy atom. The maximum absolute atomic E-state index is 12.8. The molecule has 4 rings (SSSR count). The molecule has 2 N–H and O–H groups in total. The number of carbonyl (C=O) groups excluding carboxylic acids is 1. The van der Waals surface area contributed by atoms with Crippen molar-refractivity contribution >= 4 is 18.1 Å². The van der Waals surface area contributed by atoms with Crippen LogP contribution in [-0.4, -0.2) is 38.7 Å². The highest BCUT2D eigenvalue weighted by atomic mass is 32.1. The van der Waals surface area contributed by atoms with E-state index in [1.807, 2.05) is 37.3 Å². The van der Waals surface area contributed by atoms with Crippen LogP contribution in [0.15, 0.2) is 48.5 Å². The summed E-state index contributed by atoms with van der Waals surface area (Å²) in [4.78, 5) is 15.3. The van der Waals surface area contributed by atoms with Gasteiger partial charge in [-0.15, -0.1) is 0 Å². The van der Waals surface area contributed by atoms with Crippen LogP contribution in [0.25, 0.3) is 11.4 Å². The van der Waals surface area contributed by atoms with Crippen LogP contribution in [-0.2, 0) is 24.4 Å². The molecule has 0 aliphatic carbocycles. The van der Waals surface area contributed by atoms with Gasteiger partial charge in [-0.3, -0.25) is 19.4 Å². The number of hydrogen-bond acceptors (Lipinski definition) is 4. The second-order valence-electron chi connectivity index (χ2n) is 8.81. The highest BCUT2D eigenvalue weighted by Crippen LogP contribution is 2.20. The molecule has 3 aromatic rings. The van der Waals surface area contributed by atoms with Gasteiger partial charge in [0, 0.05) is 18.7 Å². The maximum atomic E-state index is 12.8. The number of aromatic nitrogens is 3. The number of hydrogen-bond donors (Lipinski definition) is 2. The molecule has 1 fully saturated rings. The van der Waals surface area contributed by atoms with Gasteiger partial charge in [-0.2, -0.15) is 5.10 Å². The van der Waals surface area contributed by atoms with Crippen molar-refractivity contribution in [1.29, 1.82) is 0 Å². The Balaban J connectivity index is 1.40.